The highest BCUT2D eigenvalue weighted by molar-refractivity contribution is 7.09. The maximum absolute atomic E-state index is 12.6. The minimum atomic E-state index is -0.0892. The van der Waals surface area contributed by atoms with Gasteiger partial charge < -0.3 is 15.0 Å². The zero-order chi connectivity index (χ0) is 21.5. The molecule has 5 nitrogen and oxygen atoms in total. The lowest BCUT2D eigenvalue weighted by Gasteiger charge is -2.25. The second-order valence-electron chi connectivity index (χ2n) is 7.46. The predicted octanol–water partition coefficient (Wildman–Crippen LogP) is 4.63. The molecule has 1 atom stereocenters. The van der Waals surface area contributed by atoms with E-state index in [1.807, 2.05) is 38.5 Å². The second kappa shape index (κ2) is 10.4. The molecule has 3 aromatic rings. The Morgan fingerprint density at radius 3 is 2.40 bits per heavy atom. The molecule has 1 heterocycles. The predicted molar refractivity (Wildman–Crippen MR) is 122 cm³/mol. The van der Waals surface area contributed by atoms with E-state index in [0.717, 1.165) is 22.9 Å². The molecule has 0 radical (unpaired) electrons. The van der Waals surface area contributed by atoms with Crippen LogP contribution >= 0.6 is 11.3 Å². The van der Waals surface area contributed by atoms with Crippen molar-refractivity contribution in [2.45, 2.75) is 32.9 Å². The number of rotatable bonds is 9. The Hall–Kier alpha value is -2.70. The highest BCUT2D eigenvalue weighted by Gasteiger charge is 2.16. The van der Waals surface area contributed by atoms with Crippen molar-refractivity contribution in [3.63, 3.8) is 0 Å². The number of hydrogen-bond donors (Lipinski definition) is 1. The minimum Gasteiger partial charge on any atom is -0.487 e. The smallest absolute Gasteiger partial charge is 0.251 e. The van der Waals surface area contributed by atoms with Crippen LogP contribution in [0.5, 0.6) is 5.75 Å². The van der Waals surface area contributed by atoms with Gasteiger partial charge in [0.25, 0.3) is 5.91 Å². The van der Waals surface area contributed by atoms with Crippen molar-refractivity contribution in [1.29, 1.82) is 0 Å². The highest BCUT2D eigenvalue weighted by Crippen LogP contribution is 2.19. The van der Waals surface area contributed by atoms with Crippen LogP contribution in [0.4, 0.5) is 0 Å². The molecule has 1 unspecified atom stereocenters. The van der Waals surface area contributed by atoms with Gasteiger partial charge in [-0.3, -0.25) is 4.79 Å². The molecule has 30 heavy (non-hydrogen) atoms. The van der Waals surface area contributed by atoms with Gasteiger partial charge >= 0.3 is 0 Å². The summed E-state index contributed by atoms with van der Waals surface area (Å²) < 4.78 is 5.75. The molecule has 2 aromatic carbocycles. The Balaban J connectivity index is 1.56. The van der Waals surface area contributed by atoms with Gasteiger partial charge in [-0.1, -0.05) is 31.2 Å². The summed E-state index contributed by atoms with van der Waals surface area (Å²) in [5.41, 5.74) is 4.04. The number of nitrogens with zero attached hydrogens (tertiary/aromatic N) is 2. The van der Waals surface area contributed by atoms with Crippen molar-refractivity contribution >= 4 is 17.2 Å². The summed E-state index contributed by atoms with van der Waals surface area (Å²) in [5.74, 6) is 0.632. The van der Waals surface area contributed by atoms with Crippen molar-refractivity contribution < 1.29 is 9.53 Å². The fraction of sp³-hybridized carbons (Fsp3) is 0.333. The summed E-state index contributed by atoms with van der Waals surface area (Å²) in [6, 6.07) is 15.9. The summed E-state index contributed by atoms with van der Waals surface area (Å²) >= 11 is 1.61. The zero-order valence-corrected chi connectivity index (χ0v) is 18.8. The fourth-order valence-electron chi connectivity index (χ4n) is 3.20. The van der Waals surface area contributed by atoms with Crippen molar-refractivity contribution in [1.82, 2.24) is 15.2 Å². The van der Waals surface area contributed by atoms with Crippen LogP contribution in [-0.2, 0) is 13.0 Å². The van der Waals surface area contributed by atoms with E-state index in [1.165, 1.54) is 11.1 Å². The maximum atomic E-state index is 12.6. The molecule has 1 N–H and O–H groups in total. The number of carbonyl (C=O) groups excluding carboxylic acids is 1. The first-order valence-corrected chi connectivity index (χ1v) is 11.0. The number of hydrogen-bond acceptors (Lipinski definition) is 5. The Morgan fingerprint density at radius 1 is 1.13 bits per heavy atom. The molecule has 1 aromatic heterocycles. The lowest BCUT2D eigenvalue weighted by atomic mass is 10.0. The number of amides is 1. The number of nitrogens with one attached hydrogen (secondary N) is 1. The summed E-state index contributed by atoms with van der Waals surface area (Å²) in [6.45, 7) is 5.09. The van der Waals surface area contributed by atoms with E-state index in [0.29, 0.717) is 18.7 Å². The molecule has 0 saturated heterocycles. The summed E-state index contributed by atoms with van der Waals surface area (Å²) in [5, 5.41) is 6.08. The van der Waals surface area contributed by atoms with Gasteiger partial charge in [0.2, 0.25) is 0 Å². The monoisotopic (exact) mass is 423 g/mol. The standard InChI is InChI=1S/C24H29N3O2S/c1-5-18-6-8-19(9-7-18)23(27(3)4)14-25-24(28)20-10-12-22(13-11-20)29-15-21-16-30-17(2)26-21/h6-13,16,23H,5,14-15H2,1-4H3,(H,25,28). The summed E-state index contributed by atoms with van der Waals surface area (Å²) in [4.78, 5) is 19.1. The molecule has 1 amide bonds. The largest absolute Gasteiger partial charge is 0.487 e. The average Bonchev–Trinajstić information content (AvgIpc) is 3.18. The summed E-state index contributed by atoms with van der Waals surface area (Å²) in [6.07, 6.45) is 1.02. The van der Waals surface area contributed by atoms with Crippen LogP contribution in [0.2, 0.25) is 0 Å². The number of benzene rings is 2. The molecule has 0 aliphatic heterocycles. The zero-order valence-electron chi connectivity index (χ0n) is 18.0. The number of aryl methyl sites for hydroxylation is 2. The third-order valence-corrected chi connectivity index (χ3v) is 5.84. The van der Waals surface area contributed by atoms with Crippen LogP contribution in [0.1, 0.15) is 45.2 Å². The van der Waals surface area contributed by atoms with Gasteiger partial charge in [-0.25, -0.2) is 4.98 Å². The quantitative estimate of drug-likeness (QED) is 0.545. The van der Waals surface area contributed by atoms with Crippen LogP contribution in [0, 0.1) is 6.92 Å². The topological polar surface area (TPSA) is 54.5 Å². The maximum Gasteiger partial charge on any atom is 0.251 e. The molecule has 0 bridgehead atoms. The molecule has 158 valence electrons. The molecule has 0 spiro atoms. The van der Waals surface area contributed by atoms with Crippen molar-refractivity contribution in [2.75, 3.05) is 20.6 Å². The van der Waals surface area contributed by atoms with Crippen LogP contribution in [0.15, 0.2) is 53.9 Å². The first-order valence-electron chi connectivity index (χ1n) is 10.1. The highest BCUT2D eigenvalue weighted by atomic mass is 32.1. The van der Waals surface area contributed by atoms with E-state index in [-0.39, 0.29) is 11.9 Å². The second-order valence-corrected chi connectivity index (χ2v) is 8.52. The molecule has 0 saturated carbocycles. The van der Waals surface area contributed by atoms with Crippen molar-refractivity contribution in [2.24, 2.45) is 0 Å². The Morgan fingerprint density at radius 2 is 1.83 bits per heavy atom. The number of carbonyl (C=O) groups is 1. The van der Waals surface area contributed by atoms with Crippen molar-refractivity contribution in [3.8, 4) is 5.75 Å². The molecular formula is C24H29N3O2S. The van der Waals surface area contributed by atoms with Crippen LogP contribution in [-0.4, -0.2) is 36.4 Å². The van der Waals surface area contributed by atoms with Gasteiger partial charge in [-0.2, -0.15) is 0 Å². The average molecular weight is 424 g/mol. The third-order valence-electron chi connectivity index (χ3n) is 5.02. The normalized spacial score (nSPS) is 12.0. The first-order chi connectivity index (χ1) is 14.5. The number of aromatic nitrogens is 1. The van der Waals surface area contributed by atoms with Gasteiger partial charge in [0, 0.05) is 17.5 Å². The molecule has 6 heteroatoms. The van der Waals surface area contributed by atoms with Crippen LogP contribution in [0.3, 0.4) is 0 Å². The van der Waals surface area contributed by atoms with E-state index < -0.39 is 0 Å². The SMILES string of the molecule is CCc1ccc(C(CNC(=O)c2ccc(OCc3csc(C)n3)cc2)N(C)C)cc1. The number of thiazole rings is 1. The van der Waals surface area contributed by atoms with E-state index in [9.17, 15) is 4.79 Å². The molecule has 0 fully saturated rings. The van der Waals surface area contributed by atoms with E-state index >= 15 is 0 Å². The van der Waals surface area contributed by atoms with Gasteiger partial charge in [0.15, 0.2) is 0 Å². The minimum absolute atomic E-state index is 0.0892. The Kier molecular flexibility index (Phi) is 7.60. The van der Waals surface area contributed by atoms with E-state index in [4.69, 9.17) is 4.74 Å². The lowest BCUT2D eigenvalue weighted by Crippen LogP contribution is -2.34. The lowest BCUT2D eigenvalue weighted by molar-refractivity contribution is 0.0942. The molecular weight excluding hydrogens is 394 g/mol. The van der Waals surface area contributed by atoms with Gasteiger partial charge in [-0.05, 0) is 62.8 Å². The van der Waals surface area contributed by atoms with Crippen molar-refractivity contribution in [3.05, 3.63) is 81.3 Å². The van der Waals surface area contributed by atoms with Gasteiger partial charge in [0.1, 0.15) is 12.4 Å². The first kappa shape index (κ1) is 22.0. The Bertz CT molecular complexity index is 949. The van der Waals surface area contributed by atoms with Crippen LogP contribution < -0.4 is 10.1 Å². The fourth-order valence-corrected chi connectivity index (χ4v) is 3.80. The van der Waals surface area contributed by atoms with Gasteiger partial charge in [-0.15, -0.1) is 11.3 Å². The van der Waals surface area contributed by atoms with E-state index in [1.54, 1.807) is 23.5 Å². The number of ether oxygens (including phenoxy) is 1. The molecule has 0 aliphatic rings. The number of likely N-dealkylation sites (N-methyl/N-ethyl adjacent to an activating group) is 1. The molecule has 3 rings (SSSR count). The molecule has 0 aliphatic carbocycles. The van der Waals surface area contributed by atoms with Crippen LogP contribution in [0.25, 0.3) is 0 Å². The van der Waals surface area contributed by atoms with Gasteiger partial charge in [0.05, 0.1) is 16.7 Å². The third kappa shape index (κ3) is 5.90. The summed E-state index contributed by atoms with van der Waals surface area (Å²) in [7, 11) is 4.06. The van der Waals surface area contributed by atoms with E-state index in [2.05, 4.69) is 46.4 Å². The Labute approximate surface area is 182 Å².